The fraction of sp³-hybridized carbons (Fsp3) is 0.429. The Balaban J connectivity index is 1.76. The van der Waals surface area contributed by atoms with Crippen molar-refractivity contribution >= 4 is 18.2 Å². The Labute approximate surface area is 122 Å². The Morgan fingerprint density at radius 2 is 2.50 bits per heavy atom. The van der Waals surface area contributed by atoms with Crippen LogP contribution in [0.15, 0.2) is 35.6 Å². The molecule has 0 spiro atoms. The molecule has 1 aromatic rings. The van der Waals surface area contributed by atoms with Gasteiger partial charge >= 0.3 is 0 Å². The number of carbonyl (C=O) groups excluding carboxylic acids is 1. The van der Waals surface area contributed by atoms with E-state index in [1.807, 2.05) is 23.6 Å². The van der Waals surface area contributed by atoms with Crippen LogP contribution >= 0.6 is 11.8 Å². The summed E-state index contributed by atoms with van der Waals surface area (Å²) in [7, 11) is 0. The van der Waals surface area contributed by atoms with Gasteiger partial charge in [-0.15, -0.1) is 11.8 Å². The molecule has 2 unspecified atom stereocenters. The molecule has 1 aromatic heterocycles. The largest absolute Gasteiger partial charge is 0.339 e. The third-order valence-corrected chi connectivity index (χ3v) is 4.98. The van der Waals surface area contributed by atoms with E-state index in [0.717, 1.165) is 37.6 Å². The molecule has 0 saturated carbocycles. The summed E-state index contributed by atoms with van der Waals surface area (Å²) in [6.45, 7) is 2.84. The SMILES string of the molecule is O=CNC1=CSC(C2CCNC2)N1Cc1ccccn1. The summed E-state index contributed by atoms with van der Waals surface area (Å²) in [5.74, 6) is 1.48. The van der Waals surface area contributed by atoms with Gasteiger partial charge in [0, 0.05) is 24.1 Å². The summed E-state index contributed by atoms with van der Waals surface area (Å²) < 4.78 is 0. The standard InChI is InChI=1S/C14H18N4OS/c19-10-17-13-9-20-14(11-4-6-15-7-11)18(13)8-12-3-1-2-5-16-12/h1-3,5,9-11,14-15H,4,6-8H2,(H,17,19). The Hall–Kier alpha value is -1.53. The van der Waals surface area contributed by atoms with Crippen LogP contribution < -0.4 is 10.6 Å². The average Bonchev–Trinajstić information content (AvgIpc) is 3.11. The molecule has 1 fully saturated rings. The highest BCUT2D eigenvalue weighted by atomic mass is 32.2. The van der Waals surface area contributed by atoms with E-state index in [1.165, 1.54) is 6.42 Å². The number of thioether (sulfide) groups is 1. The lowest BCUT2D eigenvalue weighted by Crippen LogP contribution is -2.38. The van der Waals surface area contributed by atoms with Crippen molar-refractivity contribution < 1.29 is 4.79 Å². The van der Waals surface area contributed by atoms with Crippen LogP contribution in [-0.4, -0.2) is 34.8 Å². The molecule has 3 heterocycles. The smallest absolute Gasteiger partial charge is 0.212 e. The Kier molecular flexibility index (Phi) is 4.22. The van der Waals surface area contributed by atoms with Crippen molar-refractivity contribution in [1.82, 2.24) is 20.5 Å². The van der Waals surface area contributed by atoms with Gasteiger partial charge in [0.05, 0.1) is 17.6 Å². The summed E-state index contributed by atoms with van der Waals surface area (Å²) in [6, 6.07) is 5.93. The number of rotatable bonds is 5. The van der Waals surface area contributed by atoms with Gasteiger partial charge in [-0.2, -0.15) is 0 Å². The summed E-state index contributed by atoms with van der Waals surface area (Å²) >= 11 is 1.79. The fourth-order valence-electron chi connectivity index (χ4n) is 2.72. The van der Waals surface area contributed by atoms with Crippen molar-refractivity contribution in [3.05, 3.63) is 41.3 Å². The normalized spacial score (nSPS) is 25.6. The minimum atomic E-state index is 0.370. The number of carbonyl (C=O) groups is 1. The van der Waals surface area contributed by atoms with Crippen LogP contribution in [0.25, 0.3) is 0 Å². The fourth-order valence-corrected chi connectivity index (χ4v) is 3.98. The quantitative estimate of drug-likeness (QED) is 0.796. The summed E-state index contributed by atoms with van der Waals surface area (Å²) in [6.07, 6.45) is 3.73. The zero-order valence-electron chi connectivity index (χ0n) is 11.2. The summed E-state index contributed by atoms with van der Waals surface area (Å²) in [5, 5.41) is 8.63. The van der Waals surface area contributed by atoms with Crippen molar-refractivity contribution in [3.8, 4) is 0 Å². The molecule has 0 aromatic carbocycles. The van der Waals surface area contributed by atoms with Gasteiger partial charge in [-0.1, -0.05) is 6.07 Å². The van der Waals surface area contributed by atoms with Gasteiger partial charge in [-0.25, -0.2) is 0 Å². The van der Waals surface area contributed by atoms with Crippen molar-refractivity contribution in [1.29, 1.82) is 0 Å². The molecule has 2 atom stereocenters. The number of nitrogens with zero attached hydrogens (tertiary/aromatic N) is 2. The molecular formula is C14H18N4OS. The molecule has 2 aliphatic heterocycles. The van der Waals surface area contributed by atoms with Gasteiger partial charge < -0.3 is 15.5 Å². The maximum atomic E-state index is 10.8. The van der Waals surface area contributed by atoms with Crippen LogP contribution in [-0.2, 0) is 11.3 Å². The second-order valence-corrected chi connectivity index (χ2v) is 5.98. The van der Waals surface area contributed by atoms with E-state index < -0.39 is 0 Å². The third kappa shape index (κ3) is 2.81. The van der Waals surface area contributed by atoms with Crippen LogP contribution in [0.5, 0.6) is 0 Å². The Bertz CT molecular complexity index is 487. The van der Waals surface area contributed by atoms with E-state index in [4.69, 9.17) is 0 Å². The van der Waals surface area contributed by atoms with Crippen molar-refractivity contribution in [3.63, 3.8) is 0 Å². The highest BCUT2D eigenvalue weighted by Crippen LogP contribution is 2.37. The molecule has 20 heavy (non-hydrogen) atoms. The molecular weight excluding hydrogens is 272 g/mol. The molecule has 2 aliphatic rings. The first kappa shape index (κ1) is 13.5. The molecule has 5 nitrogen and oxygen atoms in total. The van der Waals surface area contributed by atoms with Gasteiger partial charge in [0.25, 0.3) is 0 Å². The zero-order chi connectivity index (χ0) is 13.8. The van der Waals surface area contributed by atoms with Crippen LogP contribution in [0.3, 0.4) is 0 Å². The monoisotopic (exact) mass is 290 g/mol. The minimum absolute atomic E-state index is 0.370. The van der Waals surface area contributed by atoms with Gasteiger partial charge in [-0.3, -0.25) is 9.78 Å². The number of pyridine rings is 1. The molecule has 106 valence electrons. The van der Waals surface area contributed by atoms with E-state index in [-0.39, 0.29) is 0 Å². The van der Waals surface area contributed by atoms with Gasteiger partial charge in [-0.05, 0) is 25.1 Å². The number of nitrogens with one attached hydrogen (secondary N) is 2. The molecule has 0 aliphatic carbocycles. The van der Waals surface area contributed by atoms with Crippen LogP contribution in [0.4, 0.5) is 0 Å². The lowest BCUT2D eigenvalue weighted by atomic mass is 10.1. The lowest BCUT2D eigenvalue weighted by molar-refractivity contribution is -0.109. The molecule has 0 bridgehead atoms. The van der Waals surface area contributed by atoms with E-state index in [1.54, 1.807) is 18.0 Å². The molecule has 1 saturated heterocycles. The predicted molar refractivity (Wildman–Crippen MR) is 79.4 cm³/mol. The first-order valence-corrected chi connectivity index (χ1v) is 7.76. The molecule has 2 N–H and O–H groups in total. The molecule has 1 amide bonds. The Morgan fingerprint density at radius 1 is 1.55 bits per heavy atom. The van der Waals surface area contributed by atoms with Crippen LogP contribution in [0.1, 0.15) is 12.1 Å². The highest BCUT2D eigenvalue weighted by molar-refractivity contribution is 8.02. The van der Waals surface area contributed by atoms with Crippen molar-refractivity contribution in [2.24, 2.45) is 5.92 Å². The van der Waals surface area contributed by atoms with Crippen LogP contribution in [0, 0.1) is 5.92 Å². The number of hydrogen-bond donors (Lipinski definition) is 2. The topological polar surface area (TPSA) is 57.3 Å². The molecule has 0 radical (unpaired) electrons. The molecule has 6 heteroatoms. The highest BCUT2D eigenvalue weighted by Gasteiger charge is 2.35. The zero-order valence-corrected chi connectivity index (χ0v) is 12.0. The average molecular weight is 290 g/mol. The van der Waals surface area contributed by atoms with Gasteiger partial charge in [0.15, 0.2) is 0 Å². The number of hydrogen-bond acceptors (Lipinski definition) is 5. The van der Waals surface area contributed by atoms with E-state index >= 15 is 0 Å². The van der Waals surface area contributed by atoms with E-state index in [9.17, 15) is 4.79 Å². The maximum Gasteiger partial charge on any atom is 0.212 e. The molecule has 3 rings (SSSR count). The second-order valence-electron chi connectivity index (χ2n) is 4.99. The first-order chi connectivity index (χ1) is 9.88. The third-order valence-electron chi connectivity index (χ3n) is 3.70. The van der Waals surface area contributed by atoms with Gasteiger partial charge in [0.1, 0.15) is 5.82 Å². The lowest BCUT2D eigenvalue weighted by Gasteiger charge is -2.31. The maximum absolute atomic E-state index is 10.8. The van der Waals surface area contributed by atoms with Crippen molar-refractivity contribution in [2.75, 3.05) is 13.1 Å². The first-order valence-electron chi connectivity index (χ1n) is 6.81. The summed E-state index contributed by atoms with van der Waals surface area (Å²) in [5.41, 5.74) is 1.02. The predicted octanol–water partition coefficient (Wildman–Crippen LogP) is 1.11. The number of amides is 1. The van der Waals surface area contributed by atoms with E-state index in [0.29, 0.717) is 11.3 Å². The Morgan fingerprint density at radius 3 is 3.20 bits per heavy atom. The van der Waals surface area contributed by atoms with Crippen molar-refractivity contribution in [2.45, 2.75) is 18.3 Å². The minimum Gasteiger partial charge on any atom is -0.339 e. The second kappa shape index (κ2) is 6.28. The van der Waals surface area contributed by atoms with E-state index in [2.05, 4.69) is 20.5 Å². The van der Waals surface area contributed by atoms with Gasteiger partial charge in [0.2, 0.25) is 6.41 Å². The summed E-state index contributed by atoms with van der Waals surface area (Å²) in [4.78, 5) is 17.4. The number of aromatic nitrogens is 1. The van der Waals surface area contributed by atoms with Crippen LogP contribution in [0.2, 0.25) is 0 Å².